The molecule has 0 saturated heterocycles. The summed E-state index contributed by atoms with van der Waals surface area (Å²) < 4.78 is 2.92. The molecule has 0 fully saturated rings. The van der Waals surface area contributed by atoms with Gasteiger partial charge in [0.1, 0.15) is 10.7 Å². The summed E-state index contributed by atoms with van der Waals surface area (Å²) in [6, 6.07) is 9.36. The Morgan fingerprint density at radius 1 is 1.19 bits per heavy atom. The van der Waals surface area contributed by atoms with Crippen molar-refractivity contribution in [3.63, 3.8) is 0 Å². The molecule has 0 atom stereocenters. The van der Waals surface area contributed by atoms with Crippen molar-refractivity contribution < 1.29 is 4.79 Å². The first-order chi connectivity index (χ1) is 12.7. The van der Waals surface area contributed by atoms with Crippen LogP contribution in [-0.2, 0) is 6.54 Å². The highest BCUT2D eigenvalue weighted by atomic mass is 32.1. The molecular weight excluding hydrogens is 370 g/mol. The van der Waals surface area contributed by atoms with E-state index in [4.69, 9.17) is 0 Å². The second kappa shape index (κ2) is 7.22. The van der Waals surface area contributed by atoms with Crippen molar-refractivity contribution in [2.75, 3.05) is 6.54 Å². The highest BCUT2D eigenvalue weighted by Gasteiger charge is 2.12. The van der Waals surface area contributed by atoms with Crippen molar-refractivity contribution in [3.05, 3.63) is 63.5 Å². The lowest BCUT2D eigenvalue weighted by Crippen LogP contribution is -2.27. The van der Waals surface area contributed by atoms with Gasteiger partial charge in [-0.25, -0.2) is 14.5 Å². The lowest BCUT2D eigenvalue weighted by atomic mass is 10.4. The molecule has 9 heteroatoms. The van der Waals surface area contributed by atoms with Gasteiger partial charge in [-0.3, -0.25) is 9.20 Å². The maximum atomic E-state index is 12.2. The number of hydrogen-bond acceptors (Lipinski definition) is 6. The summed E-state index contributed by atoms with van der Waals surface area (Å²) in [6.07, 6.45) is 2.30. The Labute approximate surface area is 156 Å². The van der Waals surface area contributed by atoms with E-state index in [0.29, 0.717) is 30.9 Å². The quantitative estimate of drug-likeness (QED) is 0.517. The summed E-state index contributed by atoms with van der Waals surface area (Å²) in [4.78, 5) is 29.8. The van der Waals surface area contributed by atoms with E-state index in [9.17, 15) is 9.59 Å². The zero-order valence-corrected chi connectivity index (χ0v) is 15.3. The van der Waals surface area contributed by atoms with Gasteiger partial charge in [-0.1, -0.05) is 12.1 Å². The van der Waals surface area contributed by atoms with E-state index in [1.165, 1.54) is 20.4 Å². The van der Waals surface area contributed by atoms with Crippen molar-refractivity contribution in [3.8, 4) is 9.88 Å². The third kappa shape index (κ3) is 3.31. The fourth-order valence-electron chi connectivity index (χ4n) is 2.53. The molecule has 0 aliphatic heterocycles. The molecular formula is C17H15N5O2S2. The Morgan fingerprint density at radius 3 is 2.92 bits per heavy atom. The van der Waals surface area contributed by atoms with Crippen LogP contribution in [0, 0.1) is 0 Å². The van der Waals surface area contributed by atoms with E-state index in [1.807, 2.05) is 23.6 Å². The Kier molecular flexibility index (Phi) is 4.63. The van der Waals surface area contributed by atoms with E-state index in [1.54, 1.807) is 35.0 Å². The van der Waals surface area contributed by atoms with Crippen LogP contribution >= 0.6 is 22.7 Å². The largest absolute Gasteiger partial charge is 0.351 e. The van der Waals surface area contributed by atoms with Gasteiger partial charge in [0, 0.05) is 24.7 Å². The van der Waals surface area contributed by atoms with Crippen molar-refractivity contribution in [2.45, 2.75) is 13.0 Å². The van der Waals surface area contributed by atoms with Crippen molar-refractivity contribution >= 4 is 34.2 Å². The second-order valence-electron chi connectivity index (χ2n) is 5.56. The van der Waals surface area contributed by atoms with Crippen LogP contribution in [0.15, 0.2) is 52.1 Å². The maximum Gasteiger partial charge on any atom is 0.350 e. The molecule has 0 aliphatic rings. The van der Waals surface area contributed by atoms with Gasteiger partial charge in [0.15, 0.2) is 5.65 Å². The molecule has 0 aliphatic carbocycles. The Balaban J connectivity index is 1.32. The highest BCUT2D eigenvalue weighted by molar-refractivity contribution is 7.20. The summed E-state index contributed by atoms with van der Waals surface area (Å²) >= 11 is 3.05. The lowest BCUT2D eigenvalue weighted by molar-refractivity contribution is 0.0948. The number of carbonyl (C=O) groups excluding carboxylic acids is 1. The maximum absolute atomic E-state index is 12.2. The predicted octanol–water partition coefficient (Wildman–Crippen LogP) is 2.50. The van der Waals surface area contributed by atoms with E-state index in [2.05, 4.69) is 15.4 Å². The second-order valence-corrected chi connectivity index (χ2v) is 7.37. The summed E-state index contributed by atoms with van der Waals surface area (Å²) in [7, 11) is 0. The van der Waals surface area contributed by atoms with Gasteiger partial charge in [0.05, 0.1) is 4.88 Å². The molecule has 4 aromatic heterocycles. The number of pyridine rings is 1. The summed E-state index contributed by atoms with van der Waals surface area (Å²) in [6.45, 7) is 0.892. The average molecular weight is 385 g/mol. The SMILES string of the molecule is O=C(NCCCn1nc2ccccn2c1=O)c1csc(-c2cccs2)n1. The van der Waals surface area contributed by atoms with Crippen molar-refractivity contribution in [1.82, 2.24) is 24.5 Å². The molecule has 26 heavy (non-hydrogen) atoms. The molecule has 0 bridgehead atoms. The van der Waals surface area contributed by atoms with Crippen LogP contribution in [0.4, 0.5) is 0 Å². The van der Waals surface area contributed by atoms with Gasteiger partial charge < -0.3 is 5.32 Å². The molecule has 4 rings (SSSR count). The molecule has 0 aromatic carbocycles. The predicted molar refractivity (Wildman–Crippen MR) is 102 cm³/mol. The number of nitrogens with zero attached hydrogens (tertiary/aromatic N) is 4. The van der Waals surface area contributed by atoms with Gasteiger partial charge in [0.2, 0.25) is 0 Å². The van der Waals surface area contributed by atoms with Crippen LogP contribution in [0.25, 0.3) is 15.5 Å². The molecule has 4 aromatic rings. The minimum atomic E-state index is -0.202. The number of fused-ring (bicyclic) bond motifs is 1. The van der Waals surface area contributed by atoms with Crippen LogP contribution in [0.5, 0.6) is 0 Å². The normalized spacial score (nSPS) is 11.1. The minimum Gasteiger partial charge on any atom is -0.351 e. The highest BCUT2D eigenvalue weighted by Crippen LogP contribution is 2.27. The number of thiophene rings is 1. The van der Waals surface area contributed by atoms with Gasteiger partial charge in [-0.05, 0) is 30.0 Å². The molecule has 0 unspecified atom stereocenters. The number of thiazole rings is 1. The summed E-state index contributed by atoms with van der Waals surface area (Å²) in [5.74, 6) is -0.202. The van der Waals surface area contributed by atoms with E-state index >= 15 is 0 Å². The molecule has 4 heterocycles. The minimum absolute atomic E-state index is 0.174. The lowest BCUT2D eigenvalue weighted by Gasteiger charge is -2.02. The van der Waals surface area contributed by atoms with Crippen LogP contribution in [0.2, 0.25) is 0 Å². The van der Waals surface area contributed by atoms with Crippen LogP contribution in [-0.4, -0.2) is 31.6 Å². The summed E-state index contributed by atoms with van der Waals surface area (Å²) in [5, 5.41) is 11.7. The zero-order valence-electron chi connectivity index (χ0n) is 13.7. The van der Waals surface area contributed by atoms with Gasteiger partial charge in [-0.15, -0.1) is 27.8 Å². The molecule has 132 valence electrons. The number of aryl methyl sites for hydroxylation is 1. The third-order valence-corrected chi connectivity index (χ3v) is 5.67. The van der Waals surface area contributed by atoms with Crippen LogP contribution in [0.3, 0.4) is 0 Å². The third-order valence-electron chi connectivity index (χ3n) is 3.79. The fourth-order valence-corrected chi connectivity index (χ4v) is 4.14. The molecule has 1 N–H and O–H groups in total. The number of carbonyl (C=O) groups is 1. The first-order valence-electron chi connectivity index (χ1n) is 8.04. The van der Waals surface area contributed by atoms with E-state index < -0.39 is 0 Å². The Hall–Kier alpha value is -2.78. The fraction of sp³-hybridized carbons (Fsp3) is 0.176. The smallest absolute Gasteiger partial charge is 0.350 e. The van der Waals surface area contributed by atoms with Gasteiger partial charge in [0.25, 0.3) is 5.91 Å². The zero-order chi connectivity index (χ0) is 17.9. The summed E-state index contributed by atoms with van der Waals surface area (Å²) in [5.41, 5.74) is 0.862. The number of amides is 1. The average Bonchev–Trinajstić information content (AvgIpc) is 3.39. The van der Waals surface area contributed by atoms with Gasteiger partial charge >= 0.3 is 5.69 Å². The van der Waals surface area contributed by atoms with Crippen molar-refractivity contribution in [1.29, 1.82) is 0 Å². The van der Waals surface area contributed by atoms with E-state index in [0.717, 1.165) is 9.88 Å². The first-order valence-corrected chi connectivity index (χ1v) is 9.80. The number of nitrogens with one attached hydrogen (secondary N) is 1. The van der Waals surface area contributed by atoms with Crippen LogP contribution < -0.4 is 11.0 Å². The number of aromatic nitrogens is 4. The number of rotatable bonds is 6. The van der Waals surface area contributed by atoms with Crippen molar-refractivity contribution in [2.24, 2.45) is 0 Å². The molecule has 0 saturated carbocycles. The monoisotopic (exact) mass is 385 g/mol. The van der Waals surface area contributed by atoms with Gasteiger partial charge in [-0.2, -0.15) is 0 Å². The van der Waals surface area contributed by atoms with Crippen LogP contribution in [0.1, 0.15) is 16.9 Å². The topological polar surface area (TPSA) is 81.3 Å². The molecule has 0 spiro atoms. The first kappa shape index (κ1) is 16.7. The molecule has 7 nitrogen and oxygen atoms in total. The molecule has 0 radical (unpaired) electrons. The Morgan fingerprint density at radius 2 is 2.12 bits per heavy atom. The van der Waals surface area contributed by atoms with E-state index in [-0.39, 0.29) is 11.6 Å². The Bertz CT molecular complexity index is 1090. The molecule has 1 amide bonds. The number of hydrogen-bond donors (Lipinski definition) is 1. The standard InChI is InChI=1S/C17H15N5O2S2/c23-15(12-11-26-16(19-12)13-5-3-10-25-13)18-7-4-9-22-17(24)21-8-2-1-6-14(21)20-22/h1-3,5-6,8,10-11H,4,7,9H2,(H,18,23).